The van der Waals surface area contributed by atoms with E-state index in [0.717, 1.165) is 35.9 Å². The van der Waals surface area contributed by atoms with E-state index >= 15 is 0 Å². The molecule has 0 aliphatic rings. The minimum absolute atomic E-state index is 0.208. The Morgan fingerprint density at radius 2 is 1.89 bits per heavy atom. The van der Waals surface area contributed by atoms with Gasteiger partial charge in [0.05, 0.1) is 11.7 Å². The number of anilines is 1. The van der Waals surface area contributed by atoms with E-state index in [1.807, 2.05) is 0 Å². The number of nitrogens with zero attached hydrogens (tertiary/aromatic N) is 1. The maximum atomic E-state index is 13.9. The molecule has 2 aromatic rings. The molecule has 1 aromatic carbocycles. The molecule has 1 atom stereocenters. The fourth-order valence-electron chi connectivity index (χ4n) is 2.08. The Morgan fingerprint density at radius 3 is 2.48 bits per heavy atom. The average molecular weight is 428 g/mol. The van der Waals surface area contributed by atoms with Crippen LogP contribution in [0.5, 0.6) is 0 Å². The normalized spacial score (nSPS) is 13.0. The number of amides is 1. The highest BCUT2D eigenvalue weighted by molar-refractivity contribution is 7.89. The molecule has 0 aliphatic heterocycles. The van der Waals surface area contributed by atoms with Gasteiger partial charge in [0, 0.05) is 13.2 Å². The molecule has 27 heavy (non-hydrogen) atoms. The number of hydrogen-bond donors (Lipinski definition) is 2. The Kier molecular flexibility index (Phi) is 6.17. The van der Waals surface area contributed by atoms with E-state index < -0.39 is 55.6 Å². The molecule has 0 bridgehead atoms. The van der Waals surface area contributed by atoms with Crippen molar-refractivity contribution in [3.63, 3.8) is 0 Å². The Balaban J connectivity index is 2.28. The SMILES string of the molecule is CC(NS(=O)(=O)c1cc(C(=O)Nc2ccc(F)c(Cl)c2F)n(C)c1)C(F)F. The minimum atomic E-state index is -4.31. The monoisotopic (exact) mass is 427 g/mol. The molecule has 2 rings (SSSR count). The van der Waals surface area contributed by atoms with Crippen LogP contribution in [0, 0.1) is 11.6 Å². The third-order valence-corrected chi connectivity index (χ3v) is 5.40. The van der Waals surface area contributed by atoms with Gasteiger partial charge in [-0.25, -0.2) is 30.7 Å². The Bertz CT molecular complexity index is 979. The van der Waals surface area contributed by atoms with Gasteiger partial charge in [-0.1, -0.05) is 11.6 Å². The molecule has 2 N–H and O–H groups in total. The lowest BCUT2D eigenvalue weighted by molar-refractivity contribution is 0.101. The van der Waals surface area contributed by atoms with E-state index in [1.165, 1.54) is 7.05 Å². The zero-order chi connectivity index (χ0) is 20.5. The van der Waals surface area contributed by atoms with E-state index in [2.05, 4.69) is 5.32 Å². The number of aryl methyl sites for hydroxylation is 1. The molecular formula is C15H14ClF4N3O3S. The summed E-state index contributed by atoms with van der Waals surface area (Å²) in [6, 6.07) is 1.08. The first kappa shape index (κ1) is 21.2. The Hall–Kier alpha value is -2.11. The van der Waals surface area contributed by atoms with Crippen molar-refractivity contribution in [3.05, 3.63) is 46.7 Å². The van der Waals surface area contributed by atoms with Gasteiger partial charge < -0.3 is 9.88 Å². The number of halogens is 5. The first-order valence-corrected chi connectivity index (χ1v) is 9.22. The summed E-state index contributed by atoms with van der Waals surface area (Å²) in [7, 11) is -2.98. The minimum Gasteiger partial charge on any atom is -0.345 e. The van der Waals surface area contributed by atoms with Crippen LogP contribution in [-0.2, 0) is 17.1 Å². The van der Waals surface area contributed by atoms with Crippen molar-refractivity contribution >= 4 is 33.2 Å². The molecule has 1 aromatic heterocycles. The molecule has 1 unspecified atom stereocenters. The number of carbonyl (C=O) groups excluding carboxylic acids is 1. The highest BCUT2D eigenvalue weighted by Crippen LogP contribution is 2.26. The van der Waals surface area contributed by atoms with Crippen LogP contribution in [0.15, 0.2) is 29.3 Å². The van der Waals surface area contributed by atoms with Gasteiger partial charge in [0.25, 0.3) is 12.3 Å². The fourth-order valence-corrected chi connectivity index (χ4v) is 3.54. The summed E-state index contributed by atoms with van der Waals surface area (Å²) in [6.45, 7) is 0.986. The van der Waals surface area contributed by atoms with E-state index in [4.69, 9.17) is 11.6 Å². The highest BCUT2D eigenvalue weighted by Gasteiger charge is 2.26. The number of hydrogen-bond acceptors (Lipinski definition) is 3. The second-order valence-electron chi connectivity index (χ2n) is 5.59. The largest absolute Gasteiger partial charge is 0.345 e. The molecule has 6 nitrogen and oxygen atoms in total. The van der Waals surface area contributed by atoms with Crippen LogP contribution < -0.4 is 10.0 Å². The lowest BCUT2D eigenvalue weighted by Gasteiger charge is -2.11. The van der Waals surface area contributed by atoms with Gasteiger partial charge in [0.2, 0.25) is 10.0 Å². The topological polar surface area (TPSA) is 80.2 Å². The Morgan fingerprint density at radius 1 is 1.26 bits per heavy atom. The first-order valence-electron chi connectivity index (χ1n) is 7.35. The smallest absolute Gasteiger partial charge is 0.272 e. The van der Waals surface area contributed by atoms with E-state index in [-0.39, 0.29) is 5.69 Å². The lowest BCUT2D eigenvalue weighted by Crippen LogP contribution is -2.37. The number of carbonyl (C=O) groups is 1. The summed E-state index contributed by atoms with van der Waals surface area (Å²) in [5, 5.41) is 1.33. The predicted molar refractivity (Wildman–Crippen MR) is 90.5 cm³/mol. The number of alkyl halides is 2. The fraction of sp³-hybridized carbons (Fsp3) is 0.267. The molecule has 148 valence electrons. The van der Waals surface area contributed by atoms with Crippen molar-refractivity contribution in [1.29, 1.82) is 0 Å². The summed E-state index contributed by atoms with van der Waals surface area (Å²) < 4.78 is 79.3. The van der Waals surface area contributed by atoms with Crippen molar-refractivity contribution in [2.24, 2.45) is 7.05 Å². The summed E-state index contributed by atoms with van der Waals surface area (Å²) in [5.74, 6) is -3.12. The van der Waals surface area contributed by atoms with Crippen molar-refractivity contribution in [3.8, 4) is 0 Å². The van der Waals surface area contributed by atoms with Crippen molar-refractivity contribution in [2.45, 2.75) is 24.3 Å². The maximum Gasteiger partial charge on any atom is 0.272 e. The molecule has 1 heterocycles. The summed E-state index contributed by atoms with van der Waals surface area (Å²) in [6.07, 6.45) is -1.89. The predicted octanol–water partition coefficient (Wildman–Crippen LogP) is 3.14. The molecule has 0 saturated carbocycles. The second-order valence-corrected chi connectivity index (χ2v) is 7.69. The molecule has 1 amide bonds. The van der Waals surface area contributed by atoms with Gasteiger partial charge in [-0.3, -0.25) is 4.79 Å². The van der Waals surface area contributed by atoms with Crippen LogP contribution in [0.1, 0.15) is 17.4 Å². The average Bonchev–Trinajstić information content (AvgIpc) is 2.97. The quantitative estimate of drug-likeness (QED) is 0.549. The van der Waals surface area contributed by atoms with Gasteiger partial charge in [-0.15, -0.1) is 0 Å². The van der Waals surface area contributed by atoms with Crippen LogP contribution in [0.3, 0.4) is 0 Å². The van der Waals surface area contributed by atoms with Crippen molar-refractivity contribution < 1.29 is 30.8 Å². The van der Waals surface area contributed by atoms with Gasteiger partial charge in [0.15, 0.2) is 5.82 Å². The molecule has 0 aliphatic carbocycles. The van der Waals surface area contributed by atoms with Crippen LogP contribution in [0.25, 0.3) is 0 Å². The second kappa shape index (κ2) is 7.87. The number of rotatable bonds is 6. The molecule has 0 fully saturated rings. The molecule has 12 heteroatoms. The van der Waals surface area contributed by atoms with E-state index in [0.29, 0.717) is 0 Å². The van der Waals surface area contributed by atoms with E-state index in [1.54, 1.807) is 4.72 Å². The van der Waals surface area contributed by atoms with Gasteiger partial charge in [-0.05, 0) is 25.1 Å². The summed E-state index contributed by atoms with van der Waals surface area (Å²) >= 11 is 5.43. The number of nitrogens with one attached hydrogen (secondary N) is 2. The van der Waals surface area contributed by atoms with Crippen molar-refractivity contribution in [1.82, 2.24) is 9.29 Å². The zero-order valence-corrected chi connectivity index (χ0v) is 15.5. The zero-order valence-electron chi connectivity index (χ0n) is 13.9. The van der Waals surface area contributed by atoms with E-state index in [9.17, 15) is 30.8 Å². The van der Waals surface area contributed by atoms with Crippen LogP contribution in [-0.4, -0.2) is 31.4 Å². The van der Waals surface area contributed by atoms with Crippen molar-refractivity contribution in [2.75, 3.05) is 5.32 Å². The molecule has 0 saturated heterocycles. The van der Waals surface area contributed by atoms with Crippen LogP contribution in [0.4, 0.5) is 23.2 Å². The molecular weight excluding hydrogens is 414 g/mol. The number of benzene rings is 1. The van der Waals surface area contributed by atoms with Gasteiger partial charge in [0.1, 0.15) is 21.4 Å². The lowest BCUT2D eigenvalue weighted by atomic mass is 10.2. The number of aromatic nitrogens is 1. The first-order chi connectivity index (χ1) is 12.4. The summed E-state index contributed by atoms with van der Waals surface area (Å²) in [5.41, 5.74) is -0.624. The van der Waals surface area contributed by atoms with Gasteiger partial charge >= 0.3 is 0 Å². The van der Waals surface area contributed by atoms with Crippen LogP contribution >= 0.6 is 11.6 Å². The molecule has 0 radical (unpaired) electrons. The standard InChI is InChI=1S/C15H14ClF4N3O3S/c1-7(14(19)20)22-27(25,26)8-5-11(23(2)6-8)15(24)21-10-4-3-9(17)12(16)13(10)18/h3-7,14,22H,1-2H3,(H,21,24). The summed E-state index contributed by atoms with van der Waals surface area (Å²) in [4.78, 5) is 11.9. The Labute approximate surface area is 157 Å². The van der Waals surface area contributed by atoms with Crippen LogP contribution in [0.2, 0.25) is 5.02 Å². The number of sulfonamides is 1. The maximum absolute atomic E-state index is 13.9. The highest BCUT2D eigenvalue weighted by atomic mass is 35.5. The third-order valence-electron chi connectivity index (χ3n) is 3.53. The molecule has 0 spiro atoms. The van der Waals surface area contributed by atoms with Gasteiger partial charge in [-0.2, -0.15) is 0 Å². The third kappa shape index (κ3) is 4.60.